The summed E-state index contributed by atoms with van der Waals surface area (Å²) >= 11 is 3.50. The Bertz CT molecular complexity index is 2590. The van der Waals surface area contributed by atoms with Gasteiger partial charge in [-0.25, -0.2) is 0 Å². The van der Waals surface area contributed by atoms with E-state index in [1.165, 1.54) is 7.11 Å². The number of fused-ring (bicyclic) bond motifs is 6. The van der Waals surface area contributed by atoms with Crippen molar-refractivity contribution in [2.75, 3.05) is 27.4 Å². The van der Waals surface area contributed by atoms with Crippen molar-refractivity contribution in [2.45, 2.75) is 47.1 Å². The van der Waals surface area contributed by atoms with E-state index in [0.29, 0.717) is 52.5 Å². The van der Waals surface area contributed by atoms with Crippen LogP contribution in [-0.2, 0) is 22.4 Å². The number of aliphatic hydroxyl groups is 4. The third-order valence-electron chi connectivity index (χ3n) is 13.4. The molecule has 2 aromatic heterocycles. The van der Waals surface area contributed by atoms with Gasteiger partial charge in [0.1, 0.15) is 34.2 Å². The van der Waals surface area contributed by atoms with Gasteiger partial charge in [-0.1, -0.05) is 101 Å². The van der Waals surface area contributed by atoms with Gasteiger partial charge in [0.2, 0.25) is 0 Å². The van der Waals surface area contributed by atoms with Crippen molar-refractivity contribution in [3.8, 4) is 29.1 Å². The number of hydrogen-bond donors (Lipinski definition) is 4. The summed E-state index contributed by atoms with van der Waals surface area (Å²) in [4.78, 5) is 8.46. The van der Waals surface area contributed by atoms with E-state index in [4.69, 9.17) is 18.9 Å². The molecule has 6 aromatic rings. The molecule has 4 aliphatic rings. The van der Waals surface area contributed by atoms with Crippen LogP contribution in [0.5, 0.6) is 23.0 Å². The first kappa shape index (κ1) is 40.6. The fraction of sp³-hybridized carbons (Fsp3) is 0.286. The quantitative estimate of drug-likeness (QED) is 0.121. The lowest BCUT2D eigenvalue weighted by molar-refractivity contribution is -0.135. The number of benzene rings is 4. The fourth-order valence-corrected chi connectivity index (χ4v) is 11.1. The second kappa shape index (κ2) is 15.6. The normalized spacial score (nSPS) is 28.8. The van der Waals surface area contributed by atoms with E-state index in [0.717, 1.165) is 26.7 Å². The number of methoxy groups -OCH3 is 2. The number of rotatable bonds is 8. The third-order valence-corrected chi connectivity index (χ3v) is 13.9. The number of ether oxygens (including phenoxy) is 4. The van der Waals surface area contributed by atoms with Crippen molar-refractivity contribution in [3.05, 3.63) is 177 Å². The topological polar surface area (TPSA) is 167 Å². The van der Waals surface area contributed by atoms with Crippen LogP contribution in [0.25, 0.3) is 0 Å². The van der Waals surface area contributed by atoms with Crippen LogP contribution in [0.15, 0.2) is 138 Å². The summed E-state index contributed by atoms with van der Waals surface area (Å²) in [5.74, 6) is 0.433. The predicted octanol–water partition coefficient (Wildman–Crippen LogP) is 7.36. The number of halogens is 1. The van der Waals surface area contributed by atoms with E-state index in [9.17, 15) is 25.7 Å². The highest BCUT2D eigenvalue weighted by Gasteiger charge is 2.74. The summed E-state index contributed by atoms with van der Waals surface area (Å²) in [6, 6.07) is 37.0. The van der Waals surface area contributed by atoms with Crippen LogP contribution in [0.2, 0.25) is 0 Å². The maximum absolute atomic E-state index is 12.5. The van der Waals surface area contributed by atoms with Gasteiger partial charge in [0.15, 0.2) is 11.2 Å². The van der Waals surface area contributed by atoms with Crippen LogP contribution in [0.4, 0.5) is 0 Å². The van der Waals surface area contributed by atoms with E-state index < -0.39 is 34.2 Å². The van der Waals surface area contributed by atoms with Gasteiger partial charge in [-0.3, -0.25) is 9.97 Å². The van der Waals surface area contributed by atoms with Crippen molar-refractivity contribution in [1.29, 1.82) is 5.26 Å². The fourth-order valence-electron chi connectivity index (χ4n) is 10.8. The largest absolute Gasteiger partial charge is 0.495 e. The van der Waals surface area contributed by atoms with Gasteiger partial charge in [-0.05, 0) is 59.4 Å². The van der Waals surface area contributed by atoms with Crippen molar-refractivity contribution < 1.29 is 39.4 Å². The molecule has 2 fully saturated rings. The lowest BCUT2D eigenvalue weighted by Gasteiger charge is -2.41. The van der Waals surface area contributed by atoms with E-state index in [1.54, 1.807) is 44.0 Å². The third kappa shape index (κ3) is 5.75. The molecule has 310 valence electrons. The SMILES string of the molecule is COc1cncc2c1[C@]1(O)C(CO)C[C@@H](c3ccccc3)[C@]1(c1ccc(Br)cc1)O2.COc1cncc2c1[C@]1(O)[C@@H](CO)C[C@@H](c3ccccc3)[C@]1(c1ccc(C#N)cc1)O2. The Labute approximate surface area is 362 Å². The molecule has 61 heavy (non-hydrogen) atoms. The molecular formula is C49H44BrN3O8. The van der Waals surface area contributed by atoms with Crippen molar-refractivity contribution in [1.82, 2.24) is 9.97 Å². The van der Waals surface area contributed by atoms with Crippen molar-refractivity contribution in [2.24, 2.45) is 11.8 Å². The number of pyridine rings is 2. The summed E-state index contributed by atoms with van der Waals surface area (Å²) < 4.78 is 25.4. The minimum Gasteiger partial charge on any atom is -0.495 e. The van der Waals surface area contributed by atoms with Gasteiger partial charge in [-0.2, -0.15) is 5.26 Å². The molecule has 2 saturated carbocycles. The molecule has 2 aliphatic heterocycles. The summed E-state index contributed by atoms with van der Waals surface area (Å²) in [6.45, 7) is -0.390. The number of nitrogens with zero attached hydrogens (tertiary/aromatic N) is 3. The summed E-state index contributed by atoms with van der Waals surface area (Å²) in [5, 5.41) is 54.9. The average Bonchev–Trinajstić information content (AvgIpc) is 3.93. The molecule has 0 saturated heterocycles. The second-order valence-electron chi connectivity index (χ2n) is 16.0. The Balaban J connectivity index is 0.000000156. The first-order chi connectivity index (χ1) is 29.7. The number of hydrogen-bond acceptors (Lipinski definition) is 11. The number of aromatic nitrogens is 2. The lowest BCUT2D eigenvalue weighted by atomic mass is 9.70. The predicted molar refractivity (Wildman–Crippen MR) is 228 cm³/mol. The molecule has 12 heteroatoms. The summed E-state index contributed by atoms with van der Waals surface area (Å²) in [7, 11) is 3.08. The summed E-state index contributed by atoms with van der Waals surface area (Å²) in [5.41, 5.74) is -0.169. The lowest BCUT2D eigenvalue weighted by Crippen LogP contribution is -2.51. The zero-order valence-electron chi connectivity index (χ0n) is 33.5. The van der Waals surface area contributed by atoms with Gasteiger partial charge in [-0.15, -0.1) is 0 Å². The molecule has 4 heterocycles. The van der Waals surface area contributed by atoms with Crippen molar-refractivity contribution >= 4 is 15.9 Å². The minimum absolute atomic E-state index is 0.174. The molecule has 11 nitrogen and oxygen atoms in total. The van der Waals surface area contributed by atoms with E-state index >= 15 is 0 Å². The number of aliphatic hydroxyl groups excluding tert-OH is 2. The standard InChI is InChI=1S/C25H22N2O4.C24H22BrNO4/c1-30-21-13-27-14-22-23(21)24(29)19(15-28)11-20(17-5-3-2-4-6-17)25(24,31-22)18-9-7-16(12-26)8-10-18;1-29-20-12-26-13-21-22(20)23(28)17(14-27)11-19(15-5-3-2-4-6-15)24(23,30-21)16-7-9-18(25)10-8-16/h2-10,13-14,19-20,28-29H,11,15H2,1H3;2-10,12-13,17,19,27-28H,11,14H2,1H3/t19-,20+,24-,25+;17?,19-,23+,24-/m10/s1. The van der Waals surface area contributed by atoms with Crippen LogP contribution < -0.4 is 18.9 Å². The molecule has 0 bridgehead atoms. The van der Waals surface area contributed by atoms with Crippen LogP contribution in [0.1, 0.15) is 63.6 Å². The highest BCUT2D eigenvalue weighted by atomic mass is 79.9. The van der Waals surface area contributed by atoms with E-state index in [-0.39, 0.29) is 25.0 Å². The zero-order chi connectivity index (χ0) is 42.6. The molecule has 4 aromatic carbocycles. The number of nitriles is 1. The van der Waals surface area contributed by atoms with Gasteiger partial charge in [0.05, 0.1) is 61.8 Å². The van der Waals surface area contributed by atoms with Crippen LogP contribution >= 0.6 is 15.9 Å². The molecule has 10 rings (SSSR count). The molecular weight excluding hydrogens is 838 g/mol. The van der Waals surface area contributed by atoms with Crippen molar-refractivity contribution in [3.63, 3.8) is 0 Å². The average molecular weight is 883 g/mol. The zero-order valence-corrected chi connectivity index (χ0v) is 35.1. The maximum Gasteiger partial charge on any atom is 0.174 e. The second-order valence-corrected chi connectivity index (χ2v) is 16.9. The molecule has 1 unspecified atom stereocenters. The monoisotopic (exact) mass is 881 g/mol. The van der Waals surface area contributed by atoms with Crippen LogP contribution in [0.3, 0.4) is 0 Å². The summed E-state index contributed by atoms with van der Waals surface area (Å²) in [6.07, 6.45) is 7.42. The Kier molecular flexibility index (Phi) is 10.4. The Morgan fingerprint density at radius 2 is 1.05 bits per heavy atom. The minimum atomic E-state index is -1.56. The van der Waals surface area contributed by atoms with Gasteiger partial charge < -0.3 is 39.4 Å². The molecule has 0 spiro atoms. The maximum atomic E-state index is 12.5. The molecule has 4 N–H and O–H groups in total. The molecule has 2 aliphatic carbocycles. The molecule has 0 amide bonds. The van der Waals surface area contributed by atoms with Gasteiger partial charge >= 0.3 is 0 Å². The Hall–Kier alpha value is -5.81. The Morgan fingerprint density at radius 3 is 1.43 bits per heavy atom. The molecule has 8 atom stereocenters. The smallest absolute Gasteiger partial charge is 0.174 e. The highest BCUT2D eigenvalue weighted by Crippen LogP contribution is 2.71. The van der Waals surface area contributed by atoms with E-state index in [1.807, 2.05) is 97.1 Å². The van der Waals surface area contributed by atoms with Crippen LogP contribution in [-0.4, -0.2) is 57.8 Å². The van der Waals surface area contributed by atoms with E-state index in [2.05, 4.69) is 32.0 Å². The molecule has 0 radical (unpaired) electrons. The first-order valence-corrected chi connectivity index (χ1v) is 20.9. The van der Waals surface area contributed by atoms with Gasteiger partial charge in [0.25, 0.3) is 0 Å². The Morgan fingerprint density at radius 1 is 0.639 bits per heavy atom. The van der Waals surface area contributed by atoms with Crippen LogP contribution in [0, 0.1) is 23.2 Å². The van der Waals surface area contributed by atoms with Gasteiger partial charge in [0, 0.05) is 41.4 Å². The highest BCUT2D eigenvalue weighted by molar-refractivity contribution is 9.10. The first-order valence-electron chi connectivity index (χ1n) is 20.1.